The highest BCUT2D eigenvalue weighted by Gasteiger charge is 2.44. The second kappa shape index (κ2) is 10.6. The van der Waals surface area contributed by atoms with Gasteiger partial charge in [0, 0.05) is 16.3 Å². The van der Waals surface area contributed by atoms with E-state index in [2.05, 4.69) is 10.7 Å². The topological polar surface area (TPSA) is 81.8 Å². The van der Waals surface area contributed by atoms with Crippen LogP contribution in [0.5, 0.6) is 0 Å². The molecule has 3 aromatic rings. The van der Waals surface area contributed by atoms with Gasteiger partial charge in [-0.2, -0.15) is 0 Å². The van der Waals surface area contributed by atoms with E-state index in [1.807, 2.05) is 30.3 Å². The van der Waals surface area contributed by atoms with Gasteiger partial charge in [-0.25, -0.2) is 9.40 Å². The van der Waals surface area contributed by atoms with Gasteiger partial charge in [0.15, 0.2) is 5.11 Å². The van der Waals surface area contributed by atoms with Crippen molar-refractivity contribution < 1.29 is 18.8 Å². The van der Waals surface area contributed by atoms with E-state index in [0.29, 0.717) is 10.7 Å². The largest absolute Gasteiger partial charge is 0.326 e. The lowest BCUT2D eigenvalue weighted by Crippen LogP contribution is -2.49. The molecular formula is C25H20ClFN4O3S. The van der Waals surface area contributed by atoms with Crippen LogP contribution < -0.4 is 10.7 Å². The maximum absolute atomic E-state index is 13.3. The van der Waals surface area contributed by atoms with Crippen LogP contribution in [0.15, 0.2) is 78.9 Å². The van der Waals surface area contributed by atoms with Gasteiger partial charge in [0.2, 0.25) is 5.91 Å². The monoisotopic (exact) mass is 510 g/mol. The minimum atomic E-state index is -1.07. The zero-order valence-electron chi connectivity index (χ0n) is 18.3. The molecule has 1 aliphatic rings. The number of anilines is 1. The average Bonchev–Trinajstić information content (AvgIpc) is 3.05. The van der Waals surface area contributed by atoms with Gasteiger partial charge in [-0.1, -0.05) is 41.9 Å². The predicted molar refractivity (Wildman–Crippen MR) is 134 cm³/mol. The number of nitrogens with one attached hydrogen (secondary N) is 2. The lowest BCUT2D eigenvalue weighted by molar-refractivity contribution is -0.131. The number of thiocarbonyl (C=S) groups is 1. The summed E-state index contributed by atoms with van der Waals surface area (Å²) in [5.41, 5.74) is 4.12. The van der Waals surface area contributed by atoms with Crippen LogP contribution in [-0.2, 0) is 16.1 Å². The first-order chi connectivity index (χ1) is 16.8. The number of carbonyl (C=O) groups is 3. The molecule has 10 heteroatoms. The van der Waals surface area contributed by atoms with Crippen LogP contribution in [-0.4, -0.2) is 38.8 Å². The van der Waals surface area contributed by atoms with Crippen molar-refractivity contribution in [3.63, 3.8) is 0 Å². The molecule has 0 bridgehead atoms. The summed E-state index contributed by atoms with van der Waals surface area (Å²) in [5.74, 6) is -1.95. The van der Waals surface area contributed by atoms with Crippen LogP contribution in [0.1, 0.15) is 22.3 Å². The quantitative estimate of drug-likeness (QED) is 0.467. The summed E-state index contributed by atoms with van der Waals surface area (Å²) >= 11 is 11.4. The number of carbonyl (C=O) groups excluding carboxylic acids is 3. The van der Waals surface area contributed by atoms with Crippen LogP contribution in [0, 0.1) is 5.82 Å². The smallest absolute Gasteiger partial charge is 0.269 e. The third kappa shape index (κ3) is 5.82. The highest BCUT2D eigenvalue weighted by molar-refractivity contribution is 7.80. The van der Waals surface area contributed by atoms with Gasteiger partial charge >= 0.3 is 0 Å². The number of hydrogen-bond donors (Lipinski definition) is 2. The molecule has 1 saturated heterocycles. The van der Waals surface area contributed by atoms with Crippen molar-refractivity contribution in [2.75, 3.05) is 5.32 Å². The zero-order chi connectivity index (χ0) is 24.9. The van der Waals surface area contributed by atoms with Crippen LogP contribution in [0.4, 0.5) is 10.1 Å². The van der Waals surface area contributed by atoms with Gasteiger partial charge < -0.3 is 5.32 Å². The van der Waals surface area contributed by atoms with Crippen LogP contribution in [0.2, 0.25) is 5.02 Å². The molecule has 0 aliphatic carbocycles. The summed E-state index contributed by atoms with van der Waals surface area (Å²) < 4.78 is 13.3. The Bertz CT molecular complexity index is 1260. The van der Waals surface area contributed by atoms with E-state index in [9.17, 15) is 18.8 Å². The number of rotatable bonds is 7. The van der Waals surface area contributed by atoms with Crippen molar-refractivity contribution >= 4 is 52.3 Å². The summed E-state index contributed by atoms with van der Waals surface area (Å²) in [4.78, 5) is 40.2. The van der Waals surface area contributed by atoms with E-state index in [0.717, 1.165) is 17.7 Å². The first-order valence-electron chi connectivity index (χ1n) is 10.6. The fourth-order valence-electron chi connectivity index (χ4n) is 3.56. The second-order valence-electron chi connectivity index (χ2n) is 7.79. The van der Waals surface area contributed by atoms with Crippen LogP contribution >= 0.6 is 23.8 Å². The summed E-state index contributed by atoms with van der Waals surface area (Å²) in [7, 11) is 0. The van der Waals surface area contributed by atoms with Crippen molar-refractivity contribution in [2.45, 2.75) is 19.0 Å². The number of halogens is 2. The van der Waals surface area contributed by atoms with E-state index in [1.165, 1.54) is 22.0 Å². The fraction of sp³-hybridized carbons (Fsp3) is 0.120. The third-order valence-electron chi connectivity index (χ3n) is 5.32. The molecule has 0 aromatic heterocycles. The van der Waals surface area contributed by atoms with Crippen molar-refractivity contribution in [1.82, 2.24) is 15.3 Å². The number of hydrogen-bond acceptors (Lipinski definition) is 4. The summed E-state index contributed by atoms with van der Waals surface area (Å²) in [6.07, 6.45) is -0.267. The molecule has 2 N–H and O–H groups in total. The Morgan fingerprint density at radius 1 is 0.971 bits per heavy atom. The van der Waals surface area contributed by atoms with E-state index in [1.54, 1.807) is 24.3 Å². The van der Waals surface area contributed by atoms with Crippen LogP contribution in [0.3, 0.4) is 0 Å². The van der Waals surface area contributed by atoms with Crippen molar-refractivity contribution in [1.29, 1.82) is 0 Å². The molecule has 1 fully saturated rings. The Kier molecular flexibility index (Phi) is 7.38. The number of hydrazine groups is 1. The SMILES string of the molecule is O=C(CC1C(=O)N(Cc2ccccc2)C(=S)N1NC(=O)c1ccc(F)cc1)Nc1ccc(Cl)cc1. The van der Waals surface area contributed by atoms with Gasteiger partial charge in [-0.3, -0.25) is 24.7 Å². The molecule has 35 heavy (non-hydrogen) atoms. The summed E-state index contributed by atoms with van der Waals surface area (Å²) in [6.45, 7) is 0.177. The van der Waals surface area contributed by atoms with Gasteiger partial charge in [0.1, 0.15) is 11.9 Å². The molecular weight excluding hydrogens is 491 g/mol. The van der Waals surface area contributed by atoms with Gasteiger partial charge in [-0.05, 0) is 66.3 Å². The normalized spacial score (nSPS) is 15.3. The van der Waals surface area contributed by atoms with E-state index in [-0.39, 0.29) is 23.6 Å². The van der Waals surface area contributed by atoms with Crippen molar-refractivity contribution in [2.24, 2.45) is 0 Å². The Morgan fingerprint density at radius 3 is 2.29 bits per heavy atom. The molecule has 7 nitrogen and oxygen atoms in total. The molecule has 1 unspecified atom stereocenters. The molecule has 3 amide bonds. The van der Waals surface area contributed by atoms with Crippen molar-refractivity contribution in [3.05, 3.63) is 101 Å². The van der Waals surface area contributed by atoms with E-state index < -0.39 is 29.6 Å². The number of nitrogens with zero attached hydrogens (tertiary/aromatic N) is 2. The van der Waals surface area contributed by atoms with Gasteiger partial charge in [0.05, 0.1) is 13.0 Å². The van der Waals surface area contributed by atoms with Crippen molar-refractivity contribution in [3.8, 4) is 0 Å². The van der Waals surface area contributed by atoms with Gasteiger partial charge in [0.25, 0.3) is 11.8 Å². The van der Waals surface area contributed by atoms with E-state index in [4.69, 9.17) is 23.8 Å². The molecule has 1 aliphatic heterocycles. The van der Waals surface area contributed by atoms with Gasteiger partial charge in [-0.15, -0.1) is 0 Å². The Hall–Kier alpha value is -3.82. The van der Waals surface area contributed by atoms with Crippen LogP contribution in [0.25, 0.3) is 0 Å². The highest BCUT2D eigenvalue weighted by atomic mass is 35.5. The molecule has 1 atom stereocenters. The first-order valence-corrected chi connectivity index (χ1v) is 11.4. The fourth-order valence-corrected chi connectivity index (χ4v) is 4.01. The predicted octanol–water partition coefficient (Wildman–Crippen LogP) is 4.15. The maximum Gasteiger partial charge on any atom is 0.269 e. The van der Waals surface area contributed by atoms with E-state index >= 15 is 0 Å². The maximum atomic E-state index is 13.3. The molecule has 1 heterocycles. The Balaban J connectivity index is 1.55. The zero-order valence-corrected chi connectivity index (χ0v) is 19.9. The Morgan fingerprint density at radius 2 is 1.63 bits per heavy atom. The first kappa shape index (κ1) is 24.3. The highest BCUT2D eigenvalue weighted by Crippen LogP contribution is 2.23. The molecule has 178 valence electrons. The standard InChI is InChI=1S/C25H20ClFN4O3S/c26-18-8-12-20(13-9-18)28-22(32)14-21-24(34)30(15-16-4-2-1-3-5-16)25(35)31(21)29-23(33)17-6-10-19(27)11-7-17/h1-13,21H,14-15H2,(H,28,32)(H,29,33). The minimum Gasteiger partial charge on any atom is -0.326 e. The molecule has 0 saturated carbocycles. The Labute approximate surface area is 211 Å². The molecule has 0 spiro atoms. The summed E-state index contributed by atoms with van der Waals surface area (Å²) in [5, 5.41) is 4.50. The molecule has 3 aromatic carbocycles. The molecule has 4 rings (SSSR count). The lowest BCUT2D eigenvalue weighted by Gasteiger charge is -2.24. The third-order valence-corrected chi connectivity index (χ3v) is 5.99. The number of amides is 3. The minimum absolute atomic E-state index is 0.0543. The molecule has 0 radical (unpaired) electrons. The lowest BCUT2D eigenvalue weighted by atomic mass is 10.1. The summed E-state index contributed by atoms with van der Waals surface area (Å²) in [6, 6.07) is 19.6. The second-order valence-corrected chi connectivity index (χ2v) is 8.59. The number of benzene rings is 3. The average molecular weight is 511 g/mol.